The molecular formula is C24H28N4OS. The molecule has 0 amide bonds. The van der Waals surface area contributed by atoms with E-state index in [4.69, 9.17) is 4.98 Å². The summed E-state index contributed by atoms with van der Waals surface area (Å²) in [5.41, 5.74) is 5.14. The number of aromatic nitrogens is 2. The molecular weight excluding hydrogens is 392 g/mol. The molecule has 0 bridgehead atoms. The zero-order valence-electron chi connectivity index (χ0n) is 17.4. The fraction of sp³-hybridized carbons (Fsp3) is 0.333. The summed E-state index contributed by atoms with van der Waals surface area (Å²) in [7, 11) is 0. The highest BCUT2D eigenvalue weighted by molar-refractivity contribution is 7.98. The van der Waals surface area contributed by atoms with Gasteiger partial charge in [0.25, 0.3) is 5.56 Å². The number of nitrogens with zero attached hydrogens (tertiary/aromatic N) is 2. The fourth-order valence-corrected chi connectivity index (χ4v) is 4.53. The Balaban J connectivity index is 1.41. The highest BCUT2D eigenvalue weighted by atomic mass is 32.2. The molecule has 0 saturated carbocycles. The molecule has 2 aromatic carbocycles. The van der Waals surface area contributed by atoms with Crippen molar-refractivity contribution < 1.29 is 0 Å². The van der Waals surface area contributed by atoms with Gasteiger partial charge >= 0.3 is 0 Å². The van der Waals surface area contributed by atoms with Gasteiger partial charge in [-0.2, -0.15) is 11.8 Å². The van der Waals surface area contributed by atoms with E-state index >= 15 is 0 Å². The Bertz CT molecular complexity index is 1020. The first-order valence-corrected chi connectivity index (χ1v) is 11.7. The summed E-state index contributed by atoms with van der Waals surface area (Å²) < 4.78 is 0. The molecule has 1 aliphatic rings. The Kier molecular flexibility index (Phi) is 6.87. The van der Waals surface area contributed by atoms with Gasteiger partial charge in [0.15, 0.2) is 0 Å². The number of aromatic amines is 1. The van der Waals surface area contributed by atoms with E-state index in [1.54, 1.807) is 0 Å². The van der Waals surface area contributed by atoms with Gasteiger partial charge in [-0.05, 0) is 35.4 Å². The Morgan fingerprint density at radius 1 is 1.10 bits per heavy atom. The summed E-state index contributed by atoms with van der Waals surface area (Å²) in [6.45, 7) is 4.59. The zero-order valence-corrected chi connectivity index (χ0v) is 18.2. The topological polar surface area (TPSA) is 61.0 Å². The maximum atomic E-state index is 12.7. The average Bonchev–Trinajstić information content (AvgIpc) is 2.76. The van der Waals surface area contributed by atoms with Crippen LogP contribution in [-0.2, 0) is 25.3 Å². The number of hydrogen-bond donors (Lipinski definition) is 2. The van der Waals surface area contributed by atoms with E-state index in [1.807, 2.05) is 30.0 Å². The summed E-state index contributed by atoms with van der Waals surface area (Å²) >= 11 is 1.95. The lowest BCUT2D eigenvalue weighted by Crippen LogP contribution is -2.35. The second-order valence-corrected chi connectivity index (χ2v) is 8.77. The maximum Gasteiger partial charge on any atom is 0.257 e. The van der Waals surface area contributed by atoms with Crippen molar-refractivity contribution in [1.82, 2.24) is 14.9 Å². The number of thioether (sulfide) groups is 1. The van der Waals surface area contributed by atoms with Crippen LogP contribution in [0.4, 0.5) is 11.6 Å². The van der Waals surface area contributed by atoms with E-state index in [-0.39, 0.29) is 5.56 Å². The van der Waals surface area contributed by atoms with Crippen LogP contribution in [-0.4, -0.2) is 27.2 Å². The molecule has 6 heteroatoms. The summed E-state index contributed by atoms with van der Waals surface area (Å²) in [4.78, 5) is 22.6. The molecule has 0 radical (unpaired) electrons. The largest absolute Gasteiger partial charge is 0.326 e. The highest BCUT2D eigenvalue weighted by Crippen LogP contribution is 2.20. The van der Waals surface area contributed by atoms with Crippen molar-refractivity contribution in [2.75, 3.05) is 17.6 Å². The lowest BCUT2D eigenvalue weighted by Gasteiger charge is -2.27. The van der Waals surface area contributed by atoms with Crippen molar-refractivity contribution >= 4 is 23.4 Å². The zero-order chi connectivity index (χ0) is 20.8. The number of H-pyrrole nitrogens is 1. The van der Waals surface area contributed by atoms with Crippen LogP contribution in [0.2, 0.25) is 0 Å². The summed E-state index contributed by atoms with van der Waals surface area (Å²) in [5.74, 6) is 2.73. The first kappa shape index (κ1) is 20.7. The molecule has 0 saturated heterocycles. The predicted octanol–water partition coefficient (Wildman–Crippen LogP) is 4.72. The van der Waals surface area contributed by atoms with Crippen molar-refractivity contribution in [3.8, 4) is 0 Å². The van der Waals surface area contributed by atoms with Crippen LogP contribution in [0, 0.1) is 0 Å². The van der Waals surface area contributed by atoms with Crippen molar-refractivity contribution in [2.45, 2.75) is 38.6 Å². The molecule has 30 heavy (non-hydrogen) atoms. The molecule has 1 aromatic heterocycles. The van der Waals surface area contributed by atoms with Gasteiger partial charge in [-0.15, -0.1) is 0 Å². The SMILES string of the molecule is CCCSCc1ccc(Nc2nc3c(c(=O)[nH]2)CN(Cc2ccccc2)CC3)cc1. The smallest absolute Gasteiger partial charge is 0.257 e. The number of fused-ring (bicyclic) bond motifs is 1. The fourth-order valence-electron chi connectivity index (χ4n) is 3.67. The second kappa shape index (κ2) is 9.96. The average molecular weight is 421 g/mol. The number of anilines is 2. The molecule has 0 fully saturated rings. The number of nitrogens with one attached hydrogen (secondary N) is 2. The molecule has 1 aliphatic heterocycles. The lowest BCUT2D eigenvalue weighted by molar-refractivity contribution is 0.242. The molecule has 0 aliphatic carbocycles. The quantitative estimate of drug-likeness (QED) is 0.517. The summed E-state index contributed by atoms with van der Waals surface area (Å²) in [6, 6.07) is 18.7. The van der Waals surface area contributed by atoms with Gasteiger partial charge in [-0.1, -0.05) is 49.4 Å². The van der Waals surface area contributed by atoms with Crippen LogP contribution in [0.15, 0.2) is 59.4 Å². The van der Waals surface area contributed by atoms with Gasteiger partial charge in [0.1, 0.15) is 0 Å². The van der Waals surface area contributed by atoms with E-state index < -0.39 is 0 Å². The number of benzene rings is 2. The molecule has 2 heterocycles. The maximum absolute atomic E-state index is 12.7. The van der Waals surface area contributed by atoms with E-state index in [1.165, 1.54) is 23.3 Å². The van der Waals surface area contributed by atoms with E-state index in [2.05, 4.69) is 58.5 Å². The monoisotopic (exact) mass is 420 g/mol. The van der Waals surface area contributed by atoms with Crippen molar-refractivity contribution in [2.24, 2.45) is 0 Å². The Labute approximate surface area is 181 Å². The number of rotatable bonds is 8. The number of hydrogen-bond acceptors (Lipinski definition) is 5. The molecule has 0 unspecified atom stereocenters. The molecule has 0 atom stereocenters. The highest BCUT2D eigenvalue weighted by Gasteiger charge is 2.21. The molecule has 3 aromatic rings. The third kappa shape index (κ3) is 5.32. The third-order valence-corrected chi connectivity index (χ3v) is 6.46. The molecule has 4 rings (SSSR count). The Hall–Kier alpha value is -2.57. The van der Waals surface area contributed by atoms with Crippen LogP contribution in [0.3, 0.4) is 0 Å². The van der Waals surface area contributed by atoms with Gasteiger partial charge in [0.2, 0.25) is 5.95 Å². The third-order valence-electron chi connectivity index (χ3n) is 5.23. The second-order valence-electron chi connectivity index (χ2n) is 7.66. The van der Waals surface area contributed by atoms with E-state index in [0.717, 1.165) is 42.2 Å². The Morgan fingerprint density at radius 2 is 1.90 bits per heavy atom. The minimum Gasteiger partial charge on any atom is -0.326 e. The first-order valence-electron chi connectivity index (χ1n) is 10.5. The van der Waals surface area contributed by atoms with Crippen LogP contribution in [0.25, 0.3) is 0 Å². The predicted molar refractivity (Wildman–Crippen MR) is 125 cm³/mol. The van der Waals surface area contributed by atoms with E-state index in [9.17, 15) is 4.79 Å². The minimum absolute atomic E-state index is 0.0483. The van der Waals surface area contributed by atoms with Gasteiger partial charge < -0.3 is 5.32 Å². The van der Waals surface area contributed by atoms with E-state index in [0.29, 0.717) is 12.5 Å². The van der Waals surface area contributed by atoms with Crippen LogP contribution in [0.5, 0.6) is 0 Å². The summed E-state index contributed by atoms with van der Waals surface area (Å²) in [5, 5.41) is 3.25. The van der Waals surface area contributed by atoms with Gasteiger partial charge in [-0.3, -0.25) is 14.7 Å². The van der Waals surface area contributed by atoms with Crippen LogP contribution in [0.1, 0.15) is 35.7 Å². The van der Waals surface area contributed by atoms with Crippen molar-refractivity contribution in [3.63, 3.8) is 0 Å². The van der Waals surface area contributed by atoms with Crippen LogP contribution < -0.4 is 10.9 Å². The van der Waals surface area contributed by atoms with Gasteiger partial charge in [0, 0.05) is 37.5 Å². The summed E-state index contributed by atoms with van der Waals surface area (Å²) in [6.07, 6.45) is 1.99. The molecule has 5 nitrogen and oxygen atoms in total. The lowest BCUT2D eigenvalue weighted by atomic mass is 10.1. The minimum atomic E-state index is -0.0483. The van der Waals surface area contributed by atoms with Crippen LogP contribution >= 0.6 is 11.8 Å². The van der Waals surface area contributed by atoms with Crippen molar-refractivity contribution in [1.29, 1.82) is 0 Å². The Morgan fingerprint density at radius 3 is 2.67 bits per heavy atom. The molecule has 0 spiro atoms. The normalized spacial score (nSPS) is 13.8. The van der Waals surface area contributed by atoms with Gasteiger partial charge in [-0.25, -0.2) is 4.98 Å². The van der Waals surface area contributed by atoms with Gasteiger partial charge in [0.05, 0.1) is 11.3 Å². The molecule has 2 N–H and O–H groups in total. The first-order chi connectivity index (χ1) is 14.7. The molecule has 156 valence electrons. The standard InChI is InChI=1S/C24H28N4OS/c1-2-14-30-17-19-8-10-20(11-9-19)25-24-26-22-12-13-28(16-21(22)23(29)27-24)15-18-6-4-3-5-7-18/h3-11H,2,12-17H2,1H3,(H2,25,26,27,29). The van der Waals surface area contributed by atoms with Crippen molar-refractivity contribution in [3.05, 3.63) is 87.3 Å².